The van der Waals surface area contributed by atoms with Gasteiger partial charge in [-0.1, -0.05) is 0 Å². The zero-order chi connectivity index (χ0) is 11.4. The molecule has 7 heteroatoms. The molecule has 0 radical (unpaired) electrons. The highest BCUT2D eigenvalue weighted by atomic mass is 19.4. The van der Waals surface area contributed by atoms with Gasteiger partial charge in [0.1, 0.15) is 6.04 Å². The second-order valence-corrected chi connectivity index (χ2v) is 2.88. The molecule has 84 valence electrons. The van der Waals surface area contributed by atoms with E-state index in [4.69, 9.17) is 5.73 Å². The van der Waals surface area contributed by atoms with Crippen molar-refractivity contribution in [2.45, 2.75) is 12.2 Å². The summed E-state index contributed by atoms with van der Waals surface area (Å²) in [5.74, 6) is -0.477. The molecule has 0 saturated heterocycles. The van der Waals surface area contributed by atoms with E-state index in [9.17, 15) is 18.0 Å². The number of hydrogen-bond donors (Lipinski definition) is 2. The van der Waals surface area contributed by atoms with Crippen LogP contribution in [0.3, 0.4) is 0 Å². The highest BCUT2D eigenvalue weighted by Crippen LogP contribution is 2.22. The molecule has 3 N–H and O–H groups in total. The van der Waals surface area contributed by atoms with Crippen molar-refractivity contribution in [2.24, 2.45) is 5.73 Å². The van der Waals surface area contributed by atoms with Gasteiger partial charge < -0.3 is 11.1 Å². The largest absolute Gasteiger partial charge is 0.405 e. The number of halogens is 3. The van der Waals surface area contributed by atoms with Crippen LogP contribution in [0.15, 0.2) is 0 Å². The number of alkyl halides is 3. The third kappa shape index (κ3) is 3.93. The van der Waals surface area contributed by atoms with Gasteiger partial charge in [-0.2, -0.15) is 13.2 Å². The number of nitrogens with zero attached hydrogens (tertiary/aromatic N) is 1. The second-order valence-electron chi connectivity index (χ2n) is 2.88. The quantitative estimate of drug-likeness (QED) is 0.665. The molecule has 0 rings (SSSR count). The molecule has 0 fully saturated rings. The molecule has 0 spiro atoms. The van der Waals surface area contributed by atoms with Gasteiger partial charge in [0, 0.05) is 13.6 Å². The fourth-order valence-electron chi connectivity index (χ4n) is 0.979. The van der Waals surface area contributed by atoms with Crippen LogP contribution in [-0.2, 0) is 4.79 Å². The van der Waals surface area contributed by atoms with Gasteiger partial charge in [-0.3, -0.25) is 9.69 Å². The van der Waals surface area contributed by atoms with E-state index in [1.54, 1.807) is 0 Å². The lowest BCUT2D eigenvalue weighted by atomic mass is 10.2. The Hall–Kier alpha value is -0.820. The van der Waals surface area contributed by atoms with E-state index in [-0.39, 0.29) is 6.54 Å². The number of nitrogens with two attached hydrogens (primary N) is 1. The molecule has 0 bridgehead atoms. The number of amides is 1. The summed E-state index contributed by atoms with van der Waals surface area (Å²) in [4.78, 5) is 11.7. The second kappa shape index (κ2) is 5.16. The van der Waals surface area contributed by atoms with Gasteiger partial charge in [-0.15, -0.1) is 0 Å². The minimum Gasteiger partial charge on any atom is -0.358 e. The summed E-state index contributed by atoms with van der Waals surface area (Å²) in [5.41, 5.74) is 4.98. The number of nitrogens with one attached hydrogen (secondary N) is 1. The summed E-state index contributed by atoms with van der Waals surface area (Å²) >= 11 is 0. The summed E-state index contributed by atoms with van der Waals surface area (Å²) in [6.45, 7) is -0.880. The molecular weight excluding hydrogens is 199 g/mol. The Morgan fingerprint density at radius 3 is 2.36 bits per heavy atom. The van der Waals surface area contributed by atoms with Gasteiger partial charge in [-0.05, 0) is 7.05 Å². The maximum absolute atomic E-state index is 12.3. The molecule has 0 heterocycles. The third-order valence-corrected chi connectivity index (χ3v) is 1.81. The molecule has 0 aromatic carbocycles. The van der Waals surface area contributed by atoms with Crippen molar-refractivity contribution in [1.29, 1.82) is 0 Å². The van der Waals surface area contributed by atoms with Gasteiger partial charge in [0.25, 0.3) is 0 Å². The van der Waals surface area contributed by atoms with Crippen LogP contribution in [0.25, 0.3) is 0 Å². The molecular formula is C7H14F3N3O. The topological polar surface area (TPSA) is 58.4 Å². The SMILES string of the molecule is CNC(=O)CN(C)C(CN)C(F)(F)F. The Labute approximate surface area is 80.2 Å². The van der Waals surface area contributed by atoms with E-state index < -0.39 is 24.7 Å². The van der Waals surface area contributed by atoms with Crippen LogP contribution in [0.4, 0.5) is 13.2 Å². The van der Waals surface area contributed by atoms with E-state index in [2.05, 4.69) is 5.32 Å². The van der Waals surface area contributed by atoms with E-state index in [0.29, 0.717) is 0 Å². The van der Waals surface area contributed by atoms with Crippen LogP contribution >= 0.6 is 0 Å². The molecule has 0 aliphatic carbocycles. The predicted molar refractivity (Wildman–Crippen MR) is 45.6 cm³/mol. The first-order valence-corrected chi connectivity index (χ1v) is 4.00. The molecule has 4 nitrogen and oxygen atoms in total. The van der Waals surface area contributed by atoms with Crippen LogP contribution in [0, 0.1) is 0 Å². The lowest BCUT2D eigenvalue weighted by molar-refractivity contribution is -0.178. The highest BCUT2D eigenvalue weighted by Gasteiger charge is 2.41. The Balaban J connectivity index is 4.32. The molecule has 1 unspecified atom stereocenters. The molecule has 0 aromatic heterocycles. The summed E-state index contributed by atoms with van der Waals surface area (Å²) < 4.78 is 36.8. The molecule has 0 saturated carbocycles. The standard InChI is InChI=1S/C7H14F3N3O/c1-12-6(14)4-13(2)5(3-11)7(8,9)10/h5H,3-4,11H2,1-2H3,(H,12,14). The first-order valence-electron chi connectivity index (χ1n) is 4.00. The molecule has 1 atom stereocenters. The predicted octanol–water partition coefficient (Wildman–Crippen LogP) is -0.446. The Morgan fingerprint density at radius 1 is 1.57 bits per heavy atom. The van der Waals surface area contributed by atoms with Crippen LogP contribution in [0.5, 0.6) is 0 Å². The zero-order valence-corrected chi connectivity index (χ0v) is 8.06. The minimum absolute atomic E-state index is 0.322. The number of carbonyl (C=O) groups excluding carboxylic acids is 1. The first kappa shape index (κ1) is 13.2. The van der Waals surface area contributed by atoms with Crippen molar-refractivity contribution < 1.29 is 18.0 Å². The fraction of sp³-hybridized carbons (Fsp3) is 0.857. The highest BCUT2D eigenvalue weighted by molar-refractivity contribution is 5.77. The van der Waals surface area contributed by atoms with Crippen molar-refractivity contribution in [1.82, 2.24) is 10.2 Å². The van der Waals surface area contributed by atoms with Crippen molar-refractivity contribution in [3.63, 3.8) is 0 Å². The average molecular weight is 213 g/mol. The smallest absolute Gasteiger partial charge is 0.358 e. The molecule has 1 amide bonds. The van der Waals surface area contributed by atoms with E-state index >= 15 is 0 Å². The minimum atomic E-state index is -4.41. The normalized spacial score (nSPS) is 14.2. The van der Waals surface area contributed by atoms with Crippen LogP contribution < -0.4 is 11.1 Å². The molecule has 0 aliphatic rings. The average Bonchev–Trinajstić information content (AvgIpc) is 2.02. The number of likely N-dealkylation sites (N-methyl/N-ethyl adjacent to an activating group) is 2. The lowest BCUT2D eigenvalue weighted by Gasteiger charge is -2.27. The first-order chi connectivity index (χ1) is 6.32. The summed E-state index contributed by atoms with van der Waals surface area (Å²) in [5, 5.41) is 2.24. The Kier molecular flexibility index (Phi) is 4.86. The van der Waals surface area contributed by atoms with E-state index in [1.165, 1.54) is 14.1 Å². The van der Waals surface area contributed by atoms with Gasteiger partial charge >= 0.3 is 6.18 Å². The lowest BCUT2D eigenvalue weighted by Crippen LogP contribution is -2.51. The third-order valence-electron chi connectivity index (χ3n) is 1.81. The van der Waals surface area contributed by atoms with E-state index in [0.717, 1.165) is 4.90 Å². The number of rotatable bonds is 4. The Bertz CT molecular complexity index is 195. The zero-order valence-electron chi connectivity index (χ0n) is 8.06. The molecule has 0 aromatic rings. The van der Waals surface area contributed by atoms with Crippen molar-refractivity contribution in [3.05, 3.63) is 0 Å². The molecule has 0 aliphatic heterocycles. The Morgan fingerprint density at radius 2 is 2.07 bits per heavy atom. The summed E-state index contributed by atoms with van der Waals surface area (Å²) in [6.07, 6.45) is -4.41. The van der Waals surface area contributed by atoms with Crippen molar-refractivity contribution in [2.75, 3.05) is 27.2 Å². The summed E-state index contributed by atoms with van der Waals surface area (Å²) in [7, 11) is 2.57. The fourth-order valence-corrected chi connectivity index (χ4v) is 0.979. The van der Waals surface area contributed by atoms with Crippen LogP contribution in [0.2, 0.25) is 0 Å². The van der Waals surface area contributed by atoms with Crippen molar-refractivity contribution >= 4 is 5.91 Å². The van der Waals surface area contributed by atoms with Gasteiger partial charge in [0.05, 0.1) is 6.54 Å². The summed E-state index contributed by atoms with van der Waals surface area (Å²) in [6, 6.07) is -1.78. The number of carbonyl (C=O) groups is 1. The van der Waals surface area contributed by atoms with E-state index in [1.807, 2.05) is 0 Å². The van der Waals surface area contributed by atoms with Crippen LogP contribution in [-0.4, -0.2) is 50.2 Å². The monoisotopic (exact) mass is 213 g/mol. The number of hydrogen-bond acceptors (Lipinski definition) is 3. The van der Waals surface area contributed by atoms with Gasteiger partial charge in [-0.25, -0.2) is 0 Å². The maximum atomic E-state index is 12.3. The maximum Gasteiger partial charge on any atom is 0.405 e. The molecule has 14 heavy (non-hydrogen) atoms. The van der Waals surface area contributed by atoms with Gasteiger partial charge in [0.15, 0.2) is 0 Å². The van der Waals surface area contributed by atoms with Crippen LogP contribution in [0.1, 0.15) is 0 Å². The van der Waals surface area contributed by atoms with Crippen molar-refractivity contribution in [3.8, 4) is 0 Å². The van der Waals surface area contributed by atoms with Gasteiger partial charge in [0.2, 0.25) is 5.91 Å².